The maximum absolute atomic E-state index is 10.8. The van der Waals surface area contributed by atoms with Crippen molar-refractivity contribution in [1.29, 1.82) is 0 Å². The first-order valence-corrected chi connectivity index (χ1v) is 7.60. The Kier molecular flexibility index (Phi) is 4.55. The summed E-state index contributed by atoms with van der Waals surface area (Å²) in [5.74, 6) is 1.60. The summed E-state index contributed by atoms with van der Waals surface area (Å²) in [6.07, 6.45) is 2.43. The van der Waals surface area contributed by atoms with E-state index < -0.39 is 4.92 Å². The Balaban J connectivity index is 1.84. The van der Waals surface area contributed by atoms with E-state index in [2.05, 4.69) is 20.4 Å². The Labute approximate surface area is 143 Å². The summed E-state index contributed by atoms with van der Waals surface area (Å²) in [5.41, 5.74) is 1.42. The minimum absolute atomic E-state index is 0.119. The third-order valence-electron chi connectivity index (χ3n) is 3.26. The van der Waals surface area contributed by atoms with Gasteiger partial charge in [0.1, 0.15) is 24.0 Å². The van der Waals surface area contributed by atoms with E-state index >= 15 is 0 Å². The van der Waals surface area contributed by atoms with E-state index in [0.29, 0.717) is 18.1 Å². The molecule has 1 N–H and O–H groups in total. The van der Waals surface area contributed by atoms with Gasteiger partial charge in [-0.1, -0.05) is 0 Å². The van der Waals surface area contributed by atoms with Crippen molar-refractivity contribution in [2.45, 2.75) is 13.8 Å². The SMILES string of the molecule is CCOc1ccc(Nc2cc(C)nc(-n3cc([N+](=O)[O-])cn3)n2)cc1. The molecule has 0 fully saturated rings. The van der Waals surface area contributed by atoms with Gasteiger partial charge in [-0.2, -0.15) is 14.8 Å². The summed E-state index contributed by atoms with van der Waals surface area (Å²) in [7, 11) is 0. The van der Waals surface area contributed by atoms with Crippen LogP contribution in [0, 0.1) is 17.0 Å². The summed E-state index contributed by atoms with van der Waals surface area (Å²) in [4.78, 5) is 18.9. The topological polar surface area (TPSA) is 108 Å². The van der Waals surface area contributed by atoms with Crippen molar-refractivity contribution in [3.8, 4) is 11.7 Å². The molecule has 0 spiro atoms. The molecule has 0 radical (unpaired) electrons. The highest BCUT2D eigenvalue weighted by molar-refractivity contribution is 5.57. The molecule has 25 heavy (non-hydrogen) atoms. The van der Waals surface area contributed by atoms with Crippen LogP contribution >= 0.6 is 0 Å². The number of aromatic nitrogens is 4. The molecule has 2 aromatic heterocycles. The Hall–Kier alpha value is -3.49. The van der Waals surface area contributed by atoms with Gasteiger partial charge in [0, 0.05) is 17.4 Å². The lowest BCUT2D eigenvalue weighted by atomic mass is 10.3. The summed E-state index contributed by atoms with van der Waals surface area (Å²) >= 11 is 0. The van der Waals surface area contributed by atoms with Crippen LogP contribution in [0.3, 0.4) is 0 Å². The number of nitrogens with one attached hydrogen (secondary N) is 1. The minimum atomic E-state index is -0.515. The van der Waals surface area contributed by atoms with Crippen LogP contribution < -0.4 is 10.1 Å². The van der Waals surface area contributed by atoms with Crippen LogP contribution in [0.4, 0.5) is 17.2 Å². The van der Waals surface area contributed by atoms with Gasteiger partial charge in [0.2, 0.25) is 0 Å². The number of hydrogen-bond donors (Lipinski definition) is 1. The van der Waals surface area contributed by atoms with Gasteiger partial charge in [0.15, 0.2) is 0 Å². The summed E-state index contributed by atoms with van der Waals surface area (Å²) < 4.78 is 6.68. The van der Waals surface area contributed by atoms with E-state index in [-0.39, 0.29) is 11.6 Å². The average molecular weight is 340 g/mol. The lowest BCUT2D eigenvalue weighted by Crippen LogP contribution is -2.05. The van der Waals surface area contributed by atoms with Crippen molar-refractivity contribution in [2.24, 2.45) is 0 Å². The predicted molar refractivity (Wildman–Crippen MR) is 91.4 cm³/mol. The molecule has 0 saturated carbocycles. The van der Waals surface area contributed by atoms with Crippen LogP contribution in [0.15, 0.2) is 42.7 Å². The fourth-order valence-corrected chi connectivity index (χ4v) is 2.19. The quantitative estimate of drug-likeness (QED) is 0.542. The second-order valence-corrected chi connectivity index (χ2v) is 5.18. The van der Waals surface area contributed by atoms with Crippen molar-refractivity contribution in [1.82, 2.24) is 19.7 Å². The van der Waals surface area contributed by atoms with Crippen LogP contribution in [0.2, 0.25) is 0 Å². The average Bonchev–Trinajstić information content (AvgIpc) is 3.07. The van der Waals surface area contributed by atoms with Crippen LogP contribution in [0.5, 0.6) is 5.75 Å². The van der Waals surface area contributed by atoms with Crippen LogP contribution in [0.25, 0.3) is 5.95 Å². The molecule has 128 valence electrons. The number of aryl methyl sites for hydroxylation is 1. The van der Waals surface area contributed by atoms with Crippen molar-refractivity contribution < 1.29 is 9.66 Å². The van der Waals surface area contributed by atoms with E-state index in [1.54, 1.807) is 6.07 Å². The maximum Gasteiger partial charge on any atom is 0.307 e. The second-order valence-electron chi connectivity index (χ2n) is 5.18. The number of nitro groups is 1. The Morgan fingerprint density at radius 2 is 2.04 bits per heavy atom. The molecule has 0 bridgehead atoms. The number of rotatable bonds is 6. The van der Waals surface area contributed by atoms with Crippen LogP contribution in [-0.2, 0) is 0 Å². The Bertz CT molecular complexity index is 891. The maximum atomic E-state index is 10.8. The van der Waals surface area contributed by atoms with Crippen LogP contribution in [0.1, 0.15) is 12.6 Å². The molecule has 3 aromatic rings. The molecule has 0 atom stereocenters. The lowest BCUT2D eigenvalue weighted by Gasteiger charge is -2.09. The standard InChI is InChI=1S/C16H16N6O3/c1-3-25-14-6-4-12(5-7-14)19-15-8-11(2)18-16(20-15)21-10-13(9-17-21)22(23)24/h4-10H,3H2,1-2H3,(H,18,19,20). The number of hydrogen-bond acceptors (Lipinski definition) is 7. The van der Waals surface area contributed by atoms with E-state index in [1.165, 1.54) is 10.9 Å². The smallest absolute Gasteiger partial charge is 0.307 e. The van der Waals surface area contributed by atoms with Crippen molar-refractivity contribution >= 4 is 17.2 Å². The zero-order valence-corrected chi connectivity index (χ0v) is 13.7. The van der Waals surface area contributed by atoms with Gasteiger partial charge in [-0.15, -0.1) is 0 Å². The van der Waals surface area contributed by atoms with Crippen molar-refractivity contribution in [2.75, 3.05) is 11.9 Å². The first-order valence-electron chi connectivity index (χ1n) is 7.60. The fourth-order valence-electron chi connectivity index (χ4n) is 2.19. The molecule has 0 amide bonds. The third-order valence-corrected chi connectivity index (χ3v) is 3.26. The first-order chi connectivity index (χ1) is 12.0. The van der Waals surface area contributed by atoms with E-state index in [4.69, 9.17) is 4.74 Å². The number of nitrogens with zero attached hydrogens (tertiary/aromatic N) is 5. The van der Waals surface area contributed by atoms with Crippen molar-refractivity contribution in [3.05, 3.63) is 58.5 Å². The van der Waals surface area contributed by atoms with Gasteiger partial charge >= 0.3 is 5.69 Å². The third kappa shape index (κ3) is 3.89. The summed E-state index contributed by atoms with van der Waals surface area (Å²) in [5, 5.41) is 17.9. The normalized spacial score (nSPS) is 10.5. The highest BCUT2D eigenvalue weighted by Gasteiger charge is 2.12. The van der Waals surface area contributed by atoms with Gasteiger partial charge in [-0.3, -0.25) is 10.1 Å². The molecular weight excluding hydrogens is 324 g/mol. The molecule has 0 aliphatic carbocycles. The molecule has 9 heteroatoms. The molecule has 0 unspecified atom stereocenters. The molecule has 2 heterocycles. The zero-order valence-electron chi connectivity index (χ0n) is 13.7. The largest absolute Gasteiger partial charge is 0.494 e. The second kappa shape index (κ2) is 6.95. The molecule has 0 saturated heterocycles. The van der Waals surface area contributed by atoms with Gasteiger partial charge in [0.05, 0.1) is 11.5 Å². The molecule has 9 nitrogen and oxygen atoms in total. The van der Waals surface area contributed by atoms with Gasteiger partial charge in [-0.05, 0) is 38.1 Å². The van der Waals surface area contributed by atoms with Gasteiger partial charge in [-0.25, -0.2) is 4.98 Å². The molecule has 1 aromatic carbocycles. The van der Waals surface area contributed by atoms with Crippen molar-refractivity contribution in [3.63, 3.8) is 0 Å². The molecule has 3 rings (SSSR count). The van der Waals surface area contributed by atoms with E-state index in [9.17, 15) is 10.1 Å². The number of benzene rings is 1. The Morgan fingerprint density at radius 1 is 1.28 bits per heavy atom. The number of anilines is 2. The van der Waals surface area contributed by atoms with Crippen LogP contribution in [-0.4, -0.2) is 31.3 Å². The van der Waals surface area contributed by atoms with E-state index in [1.807, 2.05) is 38.1 Å². The fraction of sp³-hybridized carbons (Fsp3) is 0.188. The zero-order chi connectivity index (χ0) is 17.8. The lowest BCUT2D eigenvalue weighted by molar-refractivity contribution is -0.384. The highest BCUT2D eigenvalue weighted by atomic mass is 16.6. The molecular formula is C16H16N6O3. The van der Waals surface area contributed by atoms with Gasteiger partial charge in [0.25, 0.3) is 5.95 Å². The summed E-state index contributed by atoms with van der Waals surface area (Å²) in [6.45, 7) is 4.35. The first kappa shape index (κ1) is 16.4. The van der Waals surface area contributed by atoms with E-state index in [0.717, 1.165) is 17.6 Å². The highest BCUT2D eigenvalue weighted by Crippen LogP contribution is 2.20. The Morgan fingerprint density at radius 3 is 2.68 bits per heavy atom. The number of ether oxygens (including phenoxy) is 1. The predicted octanol–water partition coefficient (Wildman–Crippen LogP) is 3.02. The molecule has 0 aliphatic rings. The monoisotopic (exact) mass is 340 g/mol. The summed E-state index contributed by atoms with van der Waals surface area (Å²) in [6, 6.07) is 9.24. The van der Waals surface area contributed by atoms with Gasteiger partial charge < -0.3 is 10.1 Å². The molecule has 0 aliphatic heterocycles. The minimum Gasteiger partial charge on any atom is -0.494 e.